The average molecular weight is 402 g/mol. The number of likely N-dealkylation sites (tertiary alicyclic amines) is 1. The van der Waals surface area contributed by atoms with Crippen molar-refractivity contribution in [2.24, 2.45) is 22.4 Å². The van der Waals surface area contributed by atoms with E-state index < -0.39 is 5.91 Å². The van der Waals surface area contributed by atoms with E-state index >= 15 is 0 Å². The van der Waals surface area contributed by atoms with Crippen molar-refractivity contribution >= 4 is 35.8 Å². The Morgan fingerprint density at radius 3 is 2.33 bits per heavy atom. The minimum Gasteiger partial charge on any atom is -0.370 e. The van der Waals surface area contributed by atoms with Gasteiger partial charge < -0.3 is 16.4 Å². The number of carbonyl (C=O) groups excluding carboxylic acids is 1. The van der Waals surface area contributed by atoms with Crippen molar-refractivity contribution in [1.29, 1.82) is 0 Å². The Hall–Kier alpha value is -1.31. The molecular formula is C15H23IN4O. The van der Waals surface area contributed by atoms with E-state index in [1.54, 1.807) is 12.1 Å². The molecule has 0 radical (unpaired) electrons. The molecule has 4 N–H and O–H groups in total. The van der Waals surface area contributed by atoms with Gasteiger partial charge in [0, 0.05) is 18.7 Å². The quantitative estimate of drug-likeness (QED) is 0.461. The summed E-state index contributed by atoms with van der Waals surface area (Å²) in [4.78, 5) is 17.5. The van der Waals surface area contributed by atoms with Crippen LogP contribution < -0.4 is 11.5 Å². The molecule has 1 aromatic rings. The van der Waals surface area contributed by atoms with Crippen LogP contribution in [0.3, 0.4) is 0 Å². The fourth-order valence-corrected chi connectivity index (χ4v) is 2.28. The van der Waals surface area contributed by atoms with Crippen LogP contribution in [0, 0.1) is 5.92 Å². The van der Waals surface area contributed by atoms with Crippen LogP contribution in [0.15, 0.2) is 29.3 Å². The lowest BCUT2D eigenvalue weighted by atomic mass is 10.00. The maximum absolute atomic E-state index is 11.0. The van der Waals surface area contributed by atoms with Crippen LogP contribution in [0.5, 0.6) is 0 Å². The fraction of sp³-hybridized carbons (Fsp3) is 0.467. The van der Waals surface area contributed by atoms with E-state index in [9.17, 15) is 4.79 Å². The summed E-state index contributed by atoms with van der Waals surface area (Å²) in [5.74, 6) is 0.971. The molecule has 1 aromatic carbocycles. The molecule has 1 aliphatic rings. The number of hydrogen-bond donors (Lipinski definition) is 2. The molecule has 1 amide bonds. The van der Waals surface area contributed by atoms with E-state index in [0.717, 1.165) is 24.6 Å². The van der Waals surface area contributed by atoms with Crippen LogP contribution in [0.4, 0.5) is 0 Å². The number of benzene rings is 1. The highest BCUT2D eigenvalue weighted by Gasteiger charge is 2.16. The van der Waals surface area contributed by atoms with Crippen LogP contribution in [0.1, 0.15) is 35.7 Å². The zero-order valence-corrected chi connectivity index (χ0v) is 14.6. The molecule has 5 nitrogen and oxygen atoms in total. The smallest absolute Gasteiger partial charge is 0.248 e. The first-order valence-electron chi connectivity index (χ1n) is 7.00. The number of amides is 1. The predicted molar refractivity (Wildman–Crippen MR) is 95.7 cm³/mol. The van der Waals surface area contributed by atoms with E-state index in [2.05, 4.69) is 16.8 Å². The Morgan fingerprint density at radius 2 is 1.81 bits per heavy atom. The molecule has 1 saturated heterocycles. The SMILES string of the molecule is CC1CCN(C(N)=NCc2ccc(C(N)=O)cc2)CC1.I. The molecule has 21 heavy (non-hydrogen) atoms. The summed E-state index contributed by atoms with van der Waals surface area (Å²) in [6.45, 7) is 4.76. The van der Waals surface area contributed by atoms with Gasteiger partial charge in [0.2, 0.25) is 5.91 Å². The summed E-state index contributed by atoms with van der Waals surface area (Å²) in [7, 11) is 0. The minimum absolute atomic E-state index is 0. The second-order valence-electron chi connectivity index (χ2n) is 5.41. The molecule has 1 heterocycles. The largest absolute Gasteiger partial charge is 0.370 e. The Bertz CT molecular complexity index is 493. The molecule has 0 aliphatic carbocycles. The van der Waals surface area contributed by atoms with Crippen LogP contribution in [0.25, 0.3) is 0 Å². The summed E-state index contributed by atoms with van der Waals surface area (Å²) >= 11 is 0. The molecule has 1 aliphatic heterocycles. The number of guanidine groups is 1. The molecule has 0 aromatic heterocycles. The second kappa shape index (κ2) is 8.21. The van der Waals surface area contributed by atoms with Crippen molar-refractivity contribution in [3.05, 3.63) is 35.4 Å². The Kier molecular flexibility index (Phi) is 6.94. The van der Waals surface area contributed by atoms with Gasteiger partial charge in [0.25, 0.3) is 0 Å². The maximum Gasteiger partial charge on any atom is 0.248 e. The average Bonchev–Trinajstić information content (AvgIpc) is 2.46. The van der Waals surface area contributed by atoms with E-state index in [1.165, 1.54) is 12.8 Å². The van der Waals surface area contributed by atoms with Crippen LogP contribution in [-0.4, -0.2) is 29.9 Å². The van der Waals surface area contributed by atoms with Gasteiger partial charge in [0.15, 0.2) is 5.96 Å². The van der Waals surface area contributed by atoms with Crippen molar-refractivity contribution in [2.45, 2.75) is 26.3 Å². The van der Waals surface area contributed by atoms with Gasteiger partial charge in [-0.3, -0.25) is 4.79 Å². The Balaban J connectivity index is 0.00000220. The summed E-state index contributed by atoms with van der Waals surface area (Å²) in [6.07, 6.45) is 2.34. The number of piperidine rings is 1. The van der Waals surface area contributed by atoms with Crippen molar-refractivity contribution in [1.82, 2.24) is 4.90 Å². The molecule has 6 heteroatoms. The predicted octanol–water partition coefficient (Wildman–Crippen LogP) is 1.95. The summed E-state index contributed by atoms with van der Waals surface area (Å²) in [5, 5.41) is 0. The highest BCUT2D eigenvalue weighted by atomic mass is 127. The summed E-state index contributed by atoms with van der Waals surface area (Å²) < 4.78 is 0. The van der Waals surface area contributed by atoms with Gasteiger partial charge in [-0.05, 0) is 36.5 Å². The zero-order valence-electron chi connectivity index (χ0n) is 12.3. The third-order valence-electron chi connectivity index (χ3n) is 3.77. The number of hydrogen-bond acceptors (Lipinski definition) is 2. The number of carbonyl (C=O) groups is 1. The van der Waals surface area contributed by atoms with Crippen molar-refractivity contribution in [3.63, 3.8) is 0 Å². The van der Waals surface area contributed by atoms with Gasteiger partial charge >= 0.3 is 0 Å². The number of rotatable bonds is 3. The van der Waals surface area contributed by atoms with E-state index in [4.69, 9.17) is 11.5 Å². The lowest BCUT2D eigenvalue weighted by Gasteiger charge is -2.31. The summed E-state index contributed by atoms with van der Waals surface area (Å²) in [5.41, 5.74) is 12.8. The molecule has 0 saturated carbocycles. The number of primary amides is 1. The van der Waals surface area contributed by atoms with E-state index in [1.807, 2.05) is 12.1 Å². The maximum atomic E-state index is 11.0. The Morgan fingerprint density at radius 1 is 1.24 bits per heavy atom. The van der Waals surface area contributed by atoms with E-state index in [-0.39, 0.29) is 24.0 Å². The Labute approximate surface area is 142 Å². The molecule has 0 atom stereocenters. The third-order valence-corrected chi connectivity index (χ3v) is 3.77. The lowest BCUT2D eigenvalue weighted by molar-refractivity contribution is 0.100. The van der Waals surface area contributed by atoms with E-state index in [0.29, 0.717) is 18.1 Å². The van der Waals surface area contributed by atoms with Crippen molar-refractivity contribution < 1.29 is 4.79 Å². The normalized spacial score (nSPS) is 16.4. The number of nitrogens with zero attached hydrogens (tertiary/aromatic N) is 2. The van der Waals surface area contributed by atoms with Gasteiger partial charge in [0.1, 0.15) is 0 Å². The molecule has 116 valence electrons. The van der Waals surface area contributed by atoms with Gasteiger partial charge in [-0.1, -0.05) is 19.1 Å². The highest BCUT2D eigenvalue weighted by molar-refractivity contribution is 14.0. The molecule has 0 unspecified atom stereocenters. The topological polar surface area (TPSA) is 84.7 Å². The summed E-state index contributed by atoms with van der Waals surface area (Å²) in [6, 6.07) is 7.14. The van der Waals surface area contributed by atoms with Crippen molar-refractivity contribution in [2.75, 3.05) is 13.1 Å². The van der Waals surface area contributed by atoms with Gasteiger partial charge in [0.05, 0.1) is 6.54 Å². The first-order chi connectivity index (χ1) is 9.56. The molecule has 1 fully saturated rings. The number of aliphatic imine (C=N–C) groups is 1. The number of halogens is 1. The van der Waals surface area contributed by atoms with Gasteiger partial charge in [-0.15, -0.1) is 24.0 Å². The number of nitrogens with two attached hydrogens (primary N) is 2. The third kappa shape index (κ3) is 5.18. The van der Waals surface area contributed by atoms with Gasteiger partial charge in [-0.2, -0.15) is 0 Å². The van der Waals surface area contributed by atoms with Crippen LogP contribution >= 0.6 is 24.0 Å². The van der Waals surface area contributed by atoms with Gasteiger partial charge in [-0.25, -0.2) is 4.99 Å². The fourth-order valence-electron chi connectivity index (χ4n) is 2.28. The molecule has 0 bridgehead atoms. The van der Waals surface area contributed by atoms with Crippen molar-refractivity contribution in [3.8, 4) is 0 Å². The molecule has 2 rings (SSSR count). The highest BCUT2D eigenvalue weighted by Crippen LogP contribution is 2.15. The monoisotopic (exact) mass is 402 g/mol. The first-order valence-corrected chi connectivity index (χ1v) is 7.00. The zero-order chi connectivity index (χ0) is 14.5. The standard InChI is InChI=1S/C15H22N4O.HI/c1-11-6-8-19(9-7-11)15(17)18-10-12-2-4-13(5-3-12)14(16)20;/h2-5,11H,6-10H2,1H3,(H2,16,20)(H2,17,18);1H. The molecule has 0 spiro atoms. The minimum atomic E-state index is -0.415. The van der Waals surface area contributed by atoms with Crippen LogP contribution in [0.2, 0.25) is 0 Å². The second-order valence-corrected chi connectivity index (χ2v) is 5.41. The molecular weight excluding hydrogens is 379 g/mol. The first kappa shape index (κ1) is 17.7. The lowest BCUT2D eigenvalue weighted by Crippen LogP contribution is -2.42. The van der Waals surface area contributed by atoms with Crippen LogP contribution in [-0.2, 0) is 6.54 Å².